The summed E-state index contributed by atoms with van der Waals surface area (Å²) in [5.41, 5.74) is 0. The molecular weight excluding hydrogens is 146 g/mol. The van der Waals surface area contributed by atoms with Crippen LogP contribution in [-0.4, -0.2) is 36.5 Å². The Morgan fingerprint density at radius 1 is 1.40 bits per heavy atom. The molecule has 0 heterocycles. The van der Waals surface area contributed by atoms with Crippen molar-refractivity contribution in [1.82, 2.24) is 0 Å². The predicted molar refractivity (Wildman–Crippen MR) is 47.4 cm³/mol. The van der Waals surface area contributed by atoms with Gasteiger partial charge in [0.25, 0.3) is 0 Å². The number of nitrogens with zero attached hydrogens (tertiary/aromatic N) is 1. The fourth-order valence-electron chi connectivity index (χ4n) is 0.975. The number of quaternary nitrogens is 1. The third-order valence-corrected chi connectivity index (χ3v) is 2.73. The maximum absolute atomic E-state index is 5.69. The van der Waals surface area contributed by atoms with Gasteiger partial charge in [-0.05, 0) is 20.8 Å². The highest BCUT2D eigenvalue weighted by Crippen LogP contribution is 2.08. The first kappa shape index (κ1) is 10.2. The van der Waals surface area contributed by atoms with E-state index >= 15 is 0 Å². The second kappa shape index (κ2) is 4.20. The van der Waals surface area contributed by atoms with Crippen LogP contribution in [0.2, 0.25) is 0 Å². The van der Waals surface area contributed by atoms with E-state index in [1.54, 1.807) is 0 Å². The van der Waals surface area contributed by atoms with Crippen molar-refractivity contribution < 1.29 is 4.48 Å². The van der Waals surface area contributed by atoms with Gasteiger partial charge in [-0.25, -0.2) is 0 Å². The zero-order valence-corrected chi connectivity index (χ0v) is 8.28. The van der Waals surface area contributed by atoms with Gasteiger partial charge in [0.15, 0.2) is 0 Å². The number of halogens is 1. The van der Waals surface area contributed by atoms with Gasteiger partial charge >= 0.3 is 0 Å². The summed E-state index contributed by atoms with van der Waals surface area (Å²) < 4.78 is 1.09. The standard InChI is InChI=1S/C8H19ClN/c1-5-10(4,7-6-9)8(2)3/h8H,5-7H2,1-4H3/q+1. The first-order valence-electron chi connectivity index (χ1n) is 3.97. The minimum atomic E-state index is 0.684. The van der Waals surface area contributed by atoms with Crippen molar-refractivity contribution in [3.05, 3.63) is 0 Å². The lowest BCUT2D eigenvalue weighted by Crippen LogP contribution is -2.50. The van der Waals surface area contributed by atoms with E-state index in [1.807, 2.05) is 0 Å². The quantitative estimate of drug-likeness (QED) is 0.441. The van der Waals surface area contributed by atoms with Crippen molar-refractivity contribution in [3.63, 3.8) is 0 Å². The average molecular weight is 165 g/mol. The first-order valence-corrected chi connectivity index (χ1v) is 4.50. The van der Waals surface area contributed by atoms with E-state index in [2.05, 4.69) is 27.8 Å². The maximum Gasteiger partial charge on any atom is 0.0924 e. The Bertz CT molecular complexity index is 93.3. The van der Waals surface area contributed by atoms with E-state index < -0.39 is 0 Å². The number of hydrogen-bond donors (Lipinski definition) is 0. The molecule has 0 bridgehead atoms. The van der Waals surface area contributed by atoms with Gasteiger partial charge in [0.1, 0.15) is 0 Å². The van der Waals surface area contributed by atoms with Gasteiger partial charge in [0.05, 0.1) is 32.1 Å². The van der Waals surface area contributed by atoms with Crippen LogP contribution >= 0.6 is 11.6 Å². The van der Waals surface area contributed by atoms with Gasteiger partial charge in [0, 0.05) is 0 Å². The first-order chi connectivity index (χ1) is 4.56. The smallest absolute Gasteiger partial charge is 0.0924 e. The SMILES string of the molecule is CC[N+](C)(CCCl)C(C)C. The Balaban J connectivity index is 3.94. The highest BCUT2D eigenvalue weighted by Gasteiger charge is 2.21. The third kappa shape index (κ3) is 2.47. The van der Waals surface area contributed by atoms with Gasteiger partial charge < -0.3 is 4.48 Å². The molecule has 0 aliphatic carbocycles. The zero-order chi connectivity index (χ0) is 8.20. The Morgan fingerprint density at radius 3 is 2.00 bits per heavy atom. The summed E-state index contributed by atoms with van der Waals surface area (Å²) in [5, 5.41) is 0. The summed E-state index contributed by atoms with van der Waals surface area (Å²) in [4.78, 5) is 0. The van der Waals surface area contributed by atoms with Crippen molar-refractivity contribution in [2.24, 2.45) is 0 Å². The predicted octanol–water partition coefficient (Wildman–Crippen LogP) is 2.10. The molecule has 0 saturated heterocycles. The minimum Gasteiger partial charge on any atom is -0.323 e. The normalized spacial score (nSPS) is 17.4. The maximum atomic E-state index is 5.69. The molecule has 0 fully saturated rings. The van der Waals surface area contributed by atoms with Gasteiger partial charge in [-0.15, -0.1) is 11.6 Å². The van der Waals surface area contributed by atoms with E-state index in [0.717, 1.165) is 16.9 Å². The van der Waals surface area contributed by atoms with E-state index in [1.165, 1.54) is 6.54 Å². The Kier molecular flexibility index (Phi) is 4.30. The average Bonchev–Trinajstić information content (AvgIpc) is 1.88. The molecule has 1 atom stereocenters. The van der Waals surface area contributed by atoms with Crippen molar-refractivity contribution in [1.29, 1.82) is 0 Å². The summed E-state index contributed by atoms with van der Waals surface area (Å²) >= 11 is 5.69. The molecule has 10 heavy (non-hydrogen) atoms. The van der Waals surface area contributed by atoms with Crippen molar-refractivity contribution in [2.75, 3.05) is 26.0 Å². The molecule has 2 heteroatoms. The van der Waals surface area contributed by atoms with Crippen LogP contribution in [0.5, 0.6) is 0 Å². The third-order valence-electron chi connectivity index (χ3n) is 2.56. The monoisotopic (exact) mass is 164 g/mol. The highest BCUT2D eigenvalue weighted by atomic mass is 35.5. The summed E-state index contributed by atoms with van der Waals surface area (Å²) in [6, 6.07) is 0.684. The van der Waals surface area contributed by atoms with Crippen molar-refractivity contribution in [3.8, 4) is 0 Å². The molecule has 0 amide bonds. The van der Waals surface area contributed by atoms with Crippen LogP contribution in [0.4, 0.5) is 0 Å². The number of alkyl halides is 1. The van der Waals surface area contributed by atoms with Crippen LogP contribution in [0.3, 0.4) is 0 Å². The molecule has 0 aromatic carbocycles. The molecule has 0 rings (SSSR count). The van der Waals surface area contributed by atoms with E-state index in [-0.39, 0.29) is 0 Å². The second-order valence-electron chi connectivity index (χ2n) is 3.30. The molecule has 0 N–H and O–H groups in total. The highest BCUT2D eigenvalue weighted by molar-refractivity contribution is 6.17. The largest absolute Gasteiger partial charge is 0.323 e. The van der Waals surface area contributed by atoms with Crippen molar-refractivity contribution in [2.45, 2.75) is 26.8 Å². The van der Waals surface area contributed by atoms with Gasteiger partial charge in [-0.2, -0.15) is 0 Å². The van der Waals surface area contributed by atoms with Crippen molar-refractivity contribution >= 4 is 11.6 Å². The lowest BCUT2D eigenvalue weighted by Gasteiger charge is -2.36. The lowest BCUT2D eigenvalue weighted by atomic mass is 10.2. The minimum absolute atomic E-state index is 0.684. The Morgan fingerprint density at radius 2 is 1.90 bits per heavy atom. The van der Waals surface area contributed by atoms with Crippen LogP contribution in [0, 0.1) is 0 Å². The Hall–Kier alpha value is 0.250. The summed E-state index contributed by atoms with van der Waals surface area (Å²) in [5.74, 6) is 0.766. The molecule has 0 aliphatic rings. The van der Waals surface area contributed by atoms with Crippen LogP contribution in [-0.2, 0) is 0 Å². The van der Waals surface area contributed by atoms with Crippen LogP contribution in [0.15, 0.2) is 0 Å². The molecule has 0 aromatic heterocycles. The molecule has 1 nitrogen and oxygen atoms in total. The molecule has 62 valence electrons. The van der Waals surface area contributed by atoms with Gasteiger partial charge in [-0.3, -0.25) is 0 Å². The zero-order valence-electron chi connectivity index (χ0n) is 7.52. The van der Waals surface area contributed by atoms with Gasteiger partial charge in [-0.1, -0.05) is 0 Å². The second-order valence-corrected chi connectivity index (χ2v) is 3.68. The molecule has 0 saturated carbocycles. The van der Waals surface area contributed by atoms with Crippen LogP contribution < -0.4 is 0 Å². The van der Waals surface area contributed by atoms with E-state index in [4.69, 9.17) is 11.6 Å². The topological polar surface area (TPSA) is 0 Å². The van der Waals surface area contributed by atoms with Crippen LogP contribution in [0.25, 0.3) is 0 Å². The van der Waals surface area contributed by atoms with Crippen LogP contribution in [0.1, 0.15) is 20.8 Å². The molecule has 0 aliphatic heterocycles. The summed E-state index contributed by atoms with van der Waals surface area (Å²) in [6.07, 6.45) is 0. The fraction of sp³-hybridized carbons (Fsp3) is 1.00. The Labute approximate surface area is 69.6 Å². The molecular formula is C8H19ClN+. The molecule has 0 aromatic rings. The lowest BCUT2D eigenvalue weighted by molar-refractivity contribution is -0.925. The molecule has 1 unspecified atom stereocenters. The summed E-state index contributed by atoms with van der Waals surface area (Å²) in [6.45, 7) is 8.96. The van der Waals surface area contributed by atoms with E-state index in [0.29, 0.717) is 6.04 Å². The number of rotatable bonds is 4. The molecule has 0 radical (unpaired) electrons. The molecule has 0 spiro atoms. The summed E-state index contributed by atoms with van der Waals surface area (Å²) in [7, 11) is 2.26. The van der Waals surface area contributed by atoms with E-state index in [9.17, 15) is 0 Å². The fourth-order valence-corrected chi connectivity index (χ4v) is 1.36. The number of hydrogen-bond acceptors (Lipinski definition) is 0. The van der Waals surface area contributed by atoms with Gasteiger partial charge in [0.2, 0.25) is 0 Å².